The summed E-state index contributed by atoms with van der Waals surface area (Å²) in [4.78, 5) is 3.71. The van der Waals surface area contributed by atoms with Crippen LogP contribution in [0.4, 0.5) is 13.2 Å². The van der Waals surface area contributed by atoms with Gasteiger partial charge in [-0.1, -0.05) is 26.7 Å². The van der Waals surface area contributed by atoms with Crippen molar-refractivity contribution in [3.05, 3.63) is 29.6 Å². The van der Waals surface area contributed by atoms with Crippen LogP contribution in [0, 0.1) is 0 Å². The Hall–Kier alpha value is -1.06. The van der Waals surface area contributed by atoms with Gasteiger partial charge in [0.25, 0.3) is 0 Å². The number of rotatable bonds is 5. The van der Waals surface area contributed by atoms with Crippen molar-refractivity contribution >= 4 is 0 Å². The van der Waals surface area contributed by atoms with E-state index in [1.54, 1.807) is 6.20 Å². The average Bonchev–Trinajstić information content (AvgIpc) is 2.29. The van der Waals surface area contributed by atoms with Crippen molar-refractivity contribution in [1.29, 1.82) is 0 Å². The van der Waals surface area contributed by atoms with E-state index in [1.165, 1.54) is 6.07 Å². The number of pyridine rings is 1. The van der Waals surface area contributed by atoms with E-state index < -0.39 is 11.7 Å². The molecule has 0 aliphatic carbocycles. The van der Waals surface area contributed by atoms with Crippen LogP contribution in [0.25, 0.3) is 0 Å². The first-order valence-electron chi connectivity index (χ1n) is 6.01. The van der Waals surface area contributed by atoms with Crippen molar-refractivity contribution in [3.63, 3.8) is 0 Å². The number of aromatic nitrogens is 1. The summed E-state index contributed by atoms with van der Waals surface area (Å²) in [5.74, 6) is 0.185. The maximum atomic E-state index is 12.5. The number of hydrogen-bond acceptors (Lipinski definition) is 1. The molecule has 1 rings (SSSR count). The second kappa shape index (κ2) is 6.03. The van der Waals surface area contributed by atoms with Gasteiger partial charge in [-0.05, 0) is 30.4 Å². The van der Waals surface area contributed by atoms with Crippen LogP contribution < -0.4 is 0 Å². The Labute approximate surface area is 100 Å². The fourth-order valence-electron chi connectivity index (χ4n) is 1.89. The number of alkyl halides is 3. The maximum Gasteiger partial charge on any atom is 0.417 e. The summed E-state index contributed by atoms with van der Waals surface area (Å²) in [6, 6.07) is 1.23. The van der Waals surface area contributed by atoms with Gasteiger partial charge < -0.3 is 0 Å². The van der Waals surface area contributed by atoms with Gasteiger partial charge in [0.1, 0.15) is 0 Å². The third kappa shape index (κ3) is 4.02. The third-order valence-corrected chi connectivity index (χ3v) is 2.96. The molecule has 0 radical (unpaired) electrons. The molecular weight excluding hydrogens is 227 g/mol. The molecule has 0 aromatic carbocycles. The van der Waals surface area contributed by atoms with Gasteiger partial charge in [-0.2, -0.15) is 13.2 Å². The smallest absolute Gasteiger partial charge is 0.264 e. The molecule has 0 aliphatic rings. The van der Waals surface area contributed by atoms with Crippen LogP contribution in [-0.2, 0) is 6.18 Å². The molecule has 1 atom stereocenters. The van der Waals surface area contributed by atoms with Crippen molar-refractivity contribution in [2.75, 3.05) is 0 Å². The molecule has 0 aliphatic heterocycles. The number of halogens is 3. The number of hydrogen-bond donors (Lipinski definition) is 0. The van der Waals surface area contributed by atoms with E-state index in [9.17, 15) is 13.2 Å². The Morgan fingerprint density at radius 2 is 1.94 bits per heavy atom. The van der Waals surface area contributed by atoms with Gasteiger partial charge in [-0.3, -0.25) is 4.98 Å². The molecule has 1 heterocycles. The average molecular weight is 245 g/mol. The highest BCUT2D eigenvalue weighted by molar-refractivity contribution is 5.23. The van der Waals surface area contributed by atoms with Crippen LogP contribution in [-0.4, -0.2) is 4.98 Å². The molecule has 1 unspecified atom stereocenters. The lowest BCUT2D eigenvalue weighted by atomic mass is 9.92. The summed E-state index contributed by atoms with van der Waals surface area (Å²) >= 11 is 0. The van der Waals surface area contributed by atoms with Crippen molar-refractivity contribution in [3.8, 4) is 0 Å². The van der Waals surface area contributed by atoms with E-state index in [-0.39, 0.29) is 5.92 Å². The molecule has 0 N–H and O–H groups in total. The first-order chi connectivity index (χ1) is 7.99. The zero-order chi connectivity index (χ0) is 12.9. The van der Waals surface area contributed by atoms with Gasteiger partial charge in [0, 0.05) is 12.4 Å². The minimum absolute atomic E-state index is 0.185. The molecule has 0 saturated heterocycles. The van der Waals surface area contributed by atoms with Crippen LogP contribution in [0.5, 0.6) is 0 Å². The standard InChI is InChI=1S/C13H18F3N/c1-3-5-6-10(4-2)11-7-12(9-17-8-11)13(14,15)16/h7-10H,3-6H2,1-2H3. The normalized spacial score (nSPS) is 13.7. The fourth-order valence-corrected chi connectivity index (χ4v) is 1.89. The summed E-state index contributed by atoms with van der Waals surface area (Å²) in [6.07, 6.45) is 2.01. The zero-order valence-corrected chi connectivity index (χ0v) is 10.2. The van der Waals surface area contributed by atoms with Crippen molar-refractivity contribution in [1.82, 2.24) is 4.98 Å². The van der Waals surface area contributed by atoms with E-state index in [1.807, 2.05) is 6.92 Å². The monoisotopic (exact) mass is 245 g/mol. The number of unbranched alkanes of at least 4 members (excludes halogenated alkanes) is 1. The summed E-state index contributed by atoms with van der Waals surface area (Å²) in [5, 5.41) is 0. The van der Waals surface area contributed by atoms with Crippen molar-refractivity contribution in [2.24, 2.45) is 0 Å². The van der Waals surface area contributed by atoms with Gasteiger partial charge in [-0.15, -0.1) is 0 Å². The van der Waals surface area contributed by atoms with Gasteiger partial charge in [0.05, 0.1) is 5.56 Å². The maximum absolute atomic E-state index is 12.5. The molecule has 96 valence electrons. The Bertz CT molecular complexity index is 347. The summed E-state index contributed by atoms with van der Waals surface area (Å²) < 4.78 is 37.6. The highest BCUT2D eigenvalue weighted by Gasteiger charge is 2.31. The molecule has 17 heavy (non-hydrogen) atoms. The first-order valence-corrected chi connectivity index (χ1v) is 6.01. The lowest BCUT2D eigenvalue weighted by Gasteiger charge is -2.16. The second-order valence-electron chi connectivity index (χ2n) is 4.25. The van der Waals surface area contributed by atoms with Gasteiger partial charge in [0.15, 0.2) is 0 Å². The SMILES string of the molecule is CCCCC(CC)c1cncc(C(F)(F)F)c1. The minimum atomic E-state index is -4.30. The van der Waals surface area contributed by atoms with E-state index in [0.29, 0.717) is 5.56 Å². The Balaban J connectivity index is 2.89. The molecule has 4 heteroatoms. The lowest BCUT2D eigenvalue weighted by molar-refractivity contribution is -0.137. The quantitative estimate of drug-likeness (QED) is 0.727. The number of nitrogens with zero attached hydrogens (tertiary/aromatic N) is 1. The van der Waals surface area contributed by atoms with Crippen molar-refractivity contribution in [2.45, 2.75) is 51.6 Å². The Morgan fingerprint density at radius 3 is 2.47 bits per heavy atom. The molecule has 1 aromatic rings. The molecule has 0 spiro atoms. The minimum Gasteiger partial charge on any atom is -0.264 e. The largest absolute Gasteiger partial charge is 0.417 e. The summed E-state index contributed by atoms with van der Waals surface area (Å²) in [7, 11) is 0. The molecule has 0 bridgehead atoms. The van der Waals surface area contributed by atoms with E-state index in [0.717, 1.165) is 31.9 Å². The molecule has 0 fully saturated rings. The molecule has 0 saturated carbocycles. The zero-order valence-electron chi connectivity index (χ0n) is 10.2. The highest BCUT2D eigenvalue weighted by Crippen LogP contribution is 2.32. The topological polar surface area (TPSA) is 12.9 Å². The van der Waals surface area contributed by atoms with Crippen LogP contribution in [0.1, 0.15) is 56.6 Å². The molecular formula is C13H18F3N. The summed E-state index contributed by atoms with van der Waals surface area (Å²) in [5.41, 5.74) is 0.0562. The Kier molecular flexibility index (Phi) is 4.97. The molecule has 1 nitrogen and oxygen atoms in total. The fraction of sp³-hybridized carbons (Fsp3) is 0.615. The molecule has 1 aromatic heterocycles. The first kappa shape index (κ1) is 14.0. The lowest BCUT2D eigenvalue weighted by Crippen LogP contribution is -2.08. The van der Waals surface area contributed by atoms with Gasteiger partial charge in [-0.25, -0.2) is 0 Å². The van der Waals surface area contributed by atoms with Crippen molar-refractivity contribution < 1.29 is 13.2 Å². The van der Waals surface area contributed by atoms with E-state index in [4.69, 9.17) is 0 Å². The third-order valence-electron chi connectivity index (χ3n) is 2.96. The highest BCUT2D eigenvalue weighted by atomic mass is 19.4. The summed E-state index contributed by atoms with van der Waals surface area (Å²) in [6.45, 7) is 4.08. The molecule has 0 amide bonds. The van der Waals surface area contributed by atoms with E-state index >= 15 is 0 Å². The Morgan fingerprint density at radius 1 is 1.24 bits per heavy atom. The van der Waals surface area contributed by atoms with Crippen LogP contribution in [0.3, 0.4) is 0 Å². The van der Waals surface area contributed by atoms with E-state index in [2.05, 4.69) is 11.9 Å². The predicted molar refractivity (Wildman–Crippen MR) is 61.8 cm³/mol. The van der Waals surface area contributed by atoms with Crippen LogP contribution >= 0.6 is 0 Å². The van der Waals surface area contributed by atoms with Gasteiger partial charge >= 0.3 is 6.18 Å². The van der Waals surface area contributed by atoms with Gasteiger partial charge in [0.2, 0.25) is 0 Å². The van der Waals surface area contributed by atoms with Crippen LogP contribution in [0.2, 0.25) is 0 Å². The second-order valence-corrected chi connectivity index (χ2v) is 4.25. The predicted octanol–water partition coefficient (Wildman–Crippen LogP) is 4.78. The van der Waals surface area contributed by atoms with Crippen LogP contribution in [0.15, 0.2) is 18.5 Å².